The molecule has 3 heterocycles. The number of ether oxygens (including phenoxy) is 1. The van der Waals surface area contributed by atoms with Crippen LogP contribution in [0.5, 0.6) is 5.75 Å². The molecule has 0 N–H and O–H groups in total. The first-order valence-electron chi connectivity index (χ1n) is 14.4. The molecule has 1 saturated heterocycles. The molecule has 3 atom stereocenters. The number of carbonyl (C=O) groups is 2. The molecule has 1 spiro atoms. The highest BCUT2D eigenvalue weighted by atomic mass is 35.5. The average Bonchev–Trinajstić information content (AvgIpc) is 3.60. The first-order chi connectivity index (χ1) is 18.8. The second kappa shape index (κ2) is 10.3. The van der Waals surface area contributed by atoms with Crippen molar-refractivity contribution in [1.82, 2.24) is 14.4 Å². The summed E-state index contributed by atoms with van der Waals surface area (Å²) in [7, 11) is 1.72. The second-order valence-electron chi connectivity index (χ2n) is 12.3. The number of carbonyl (C=O) groups excluding carboxylic acids is 2. The Morgan fingerprint density at radius 2 is 1.95 bits per heavy atom. The van der Waals surface area contributed by atoms with Gasteiger partial charge in [0.05, 0.1) is 11.6 Å². The van der Waals surface area contributed by atoms with Crippen LogP contribution in [0.4, 0.5) is 0 Å². The number of likely N-dealkylation sites (tertiary alicyclic amines) is 1. The fourth-order valence-corrected chi connectivity index (χ4v) is 7.30. The quantitative estimate of drug-likeness (QED) is 0.513. The third-order valence-electron chi connectivity index (χ3n) is 9.62. The second-order valence-corrected chi connectivity index (χ2v) is 12.7. The molecule has 2 aliphatic heterocycles. The Bertz CT molecular complexity index is 1350. The van der Waals surface area contributed by atoms with Crippen LogP contribution in [-0.4, -0.2) is 45.8 Å². The topological polar surface area (TPSA) is 71.8 Å². The molecule has 7 nitrogen and oxygen atoms in total. The van der Waals surface area contributed by atoms with Gasteiger partial charge in [-0.05, 0) is 73.3 Å². The zero-order chi connectivity index (χ0) is 27.3. The highest BCUT2D eigenvalue weighted by Crippen LogP contribution is 2.54. The Labute approximate surface area is 235 Å². The minimum Gasteiger partial charge on any atom is -0.488 e. The molecular weight excluding hydrogens is 514 g/mol. The number of benzene rings is 1. The van der Waals surface area contributed by atoms with Gasteiger partial charge in [0.15, 0.2) is 0 Å². The molecule has 1 aromatic heterocycles. The molecule has 4 aliphatic rings. The Hall–Kier alpha value is -2.80. The maximum absolute atomic E-state index is 14.1. The lowest BCUT2D eigenvalue weighted by atomic mass is 9.78. The van der Waals surface area contributed by atoms with Crippen molar-refractivity contribution in [2.45, 2.75) is 70.9 Å². The van der Waals surface area contributed by atoms with Crippen LogP contribution in [0, 0.1) is 17.3 Å². The highest BCUT2D eigenvalue weighted by molar-refractivity contribution is 6.31. The fourth-order valence-electron chi connectivity index (χ4n) is 7.04. The number of rotatable bonds is 6. The van der Waals surface area contributed by atoms with E-state index < -0.39 is 0 Å². The lowest BCUT2D eigenvalue weighted by Crippen LogP contribution is -2.49. The number of halogens is 1. The van der Waals surface area contributed by atoms with E-state index in [4.69, 9.17) is 16.3 Å². The van der Waals surface area contributed by atoms with Crippen molar-refractivity contribution < 1.29 is 14.3 Å². The molecule has 1 aromatic carbocycles. The predicted molar refractivity (Wildman–Crippen MR) is 150 cm³/mol. The van der Waals surface area contributed by atoms with Gasteiger partial charge < -0.3 is 19.1 Å². The van der Waals surface area contributed by atoms with Crippen LogP contribution < -0.4 is 10.3 Å². The molecule has 0 radical (unpaired) electrons. The van der Waals surface area contributed by atoms with E-state index in [9.17, 15) is 14.4 Å². The van der Waals surface area contributed by atoms with Crippen molar-refractivity contribution in [1.29, 1.82) is 0 Å². The van der Waals surface area contributed by atoms with Crippen LogP contribution in [0.15, 0.2) is 35.3 Å². The molecule has 39 heavy (non-hydrogen) atoms. The van der Waals surface area contributed by atoms with E-state index in [1.54, 1.807) is 19.3 Å². The van der Waals surface area contributed by atoms with E-state index in [-0.39, 0.29) is 41.4 Å². The summed E-state index contributed by atoms with van der Waals surface area (Å²) in [5.41, 5.74) is 2.47. The van der Waals surface area contributed by atoms with Gasteiger partial charge in [0.25, 0.3) is 5.56 Å². The predicted octanol–water partition coefficient (Wildman–Crippen LogP) is 4.88. The molecule has 208 valence electrons. The summed E-state index contributed by atoms with van der Waals surface area (Å²) >= 11 is 6.75. The van der Waals surface area contributed by atoms with Gasteiger partial charge in [0.2, 0.25) is 11.8 Å². The van der Waals surface area contributed by atoms with Gasteiger partial charge in [-0.3, -0.25) is 14.4 Å². The maximum Gasteiger partial charge on any atom is 0.256 e. The van der Waals surface area contributed by atoms with Crippen molar-refractivity contribution >= 4 is 23.4 Å². The molecular formula is C31H38ClN3O4. The summed E-state index contributed by atoms with van der Waals surface area (Å²) in [6.07, 6.45) is 9.42. The summed E-state index contributed by atoms with van der Waals surface area (Å²) in [4.78, 5) is 43.9. The van der Waals surface area contributed by atoms with E-state index in [2.05, 4.69) is 6.92 Å². The Kier molecular flexibility index (Phi) is 6.98. The van der Waals surface area contributed by atoms with Crippen LogP contribution in [0.2, 0.25) is 5.02 Å². The first kappa shape index (κ1) is 26.4. The molecule has 8 heteroatoms. The number of aryl methyl sites for hydroxylation is 1. The molecule has 2 aliphatic carbocycles. The van der Waals surface area contributed by atoms with Crippen LogP contribution in [-0.2, 0) is 29.7 Å². The van der Waals surface area contributed by atoms with E-state index in [0.717, 1.165) is 49.8 Å². The minimum absolute atomic E-state index is 0.00254. The zero-order valence-electron chi connectivity index (χ0n) is 23.0. The smallest absolute Gasteiger partial charge is 0.256 e. The molecule has 2 aromatic rings. The van der Waals surface area contributed by atoms with Crippen molar-refractivity contribution in [3.05, 3.63) is 62.5 Å². The largest absolute Gasteiger partial charge is 0.488 e. The number of nitrogens with zero attached hydrogens (tertiary/aromatic N) is 3. The summed E-state index contributed by atoms with van der Waals surface area (Å²) in [5, 5.41) is 0.655. The summed E-state index contributed by atoms with van der Waals surface area (Å²) in [5.74, 6) is 1.35. The summed E-state index contributed by atoms with van der Waals surface area (Å²) in [6, 6.07) is 6.98. The van der Waals surface area contributed by atoms with E-state index >= 15 is 0 Å². The van der Waals surface area contributed by atoms with Gasteiger partial charge in [0, 0.05) is 55.8 Å². The Balaban J connectivity index is 1.36. The number of hydrogen-bond acceptors (Lipinski definition) is 4. The van der Waals surface area contributed by atoms with Crippen LogP contribution in [0.3, 0.4) is 0 Å². The van der Waals surface area contributed by atoms with Crippen molar-refractivity contribution in [3.8, 4) is 5.75 Å². The van der Waals surface area contributed by atoms with Gasteiger partial charge in [0.1, 0.15) is 12.4 Å². The molecule has 6 rings (SSSR count). The molecule has 0 bridgehead atoms. The molecule has 0 unspecified atom stereocenters. The number of hydrogen-bond donors (Lipinski definition) is 0. The number of amides is 2. The SMILES string of the molecule is C[C@H]1CCCC[C@H]1C(=O)N1CCc2c(Cl)ccc(OCc3cccn(C)c3=O)c2[C@H]1CN1CC2(CC2)CC1=O. The van der Waals surface area contributed by atoms with Crippen LogP contribution in [0.1, 0.15) is 74.6 Å². The van der Waals surface area contributed by atoms with Gasteiger partial charge in [-0.2, -0.15) is 0 Å². The van der Waals surface area contributed by atoms with Crippen LogP contribution >= 0.6 is 11.6 Å². The standard InChI is InChI=1S/C31H38ClN3O4/c1-20-6-3-4-8-22(20)30(38)35-15-11-23-24(32)9-10-26(39-18-21-7-5-14-33(2)29(21)37)28(23)25(35)17-34-19-31(12-13-31)16-27(34)36/h5,7,9-10,14,20,22,25H,3-4,6,8,11-13,15-19H2,1-2H3/t20-,22+,25+/m0/s1. The number of pyridine rings is 1. The van der Waals surface area contributed by atoms with E-state index in [1.165, 1.54) is 11.0 Å². The van der Waals surface area contributed by atoms with E-state index in [0.29, 0.717) is 48.2 Å². The monoisotopic (exact) mass is 551 g/mol. The zero-order valence-corrected chi connectivity index (χ0v) is 23.7. The van der Waals surface area contributed by atoms with Gasteiger partial charge >= 0.3 is 0 Å². The van der Waals surface area contributed by atoms with Gasteiger partial charge in [-0.1, -0.05) is 31.4 Å². The highest BCUT2D eigenvalue weighted by Gasteiger charge is 2.52. The van der Waals surface area contributed by atoms with E-state index in [1.807, 2.05) is 28.0 Å². The normalized spacial score (nSPS) is 25.6. The maximum atomic E-state index is 14.1. The third-order valence-corrected chi connectivity index (χ3v) is 9.98. The third kappa shape index (κ3) is 4.99. The fraction of sp³-hybridized carbons (Fsp3) is 0.581. The summed E-state index contributed by atoms with van der Waals surface area (Å²) < 4.78 is 7.88. The number of aromatic nitrogens is 1. The molecule has 2 saturated carbocycles. The van der Waals surface area contributed by atoms with Crippen molar-refractivity contribution in [3.63, 3.8) is 0 Å². The lowest BCUT2D eigenvalue weighted by Gasteiger charge is -2.43. The summed E-state index contributed by atoms with van der Waals surface area (Å²) in [6.45, 7) is 4.10. The Morgan fingerprint density at radius 1 is 1.15 bits per heavy atom. The minimum atomic E-state index is -0.333. The number of fused-ring (bicyclic) bond motifs is 1. The van der Waals surface area contributed by atoms with Gasteiger partial charge in [-0.15, -0.1) is 0 Å². The van der Waals surface area contributed by atoms with Crippen molar-refractivity contribution in [2.75, 3.05) is 19.6 Å². The van der Waals surface area contributed by atoms with Gasteiger partial charge in [-0.25, -0.2) is 0 Å². The molecule has 3 fully saturated rings. The molecule has 2 amide bonds. The van der Waals surface area contributed by atoms with Crippen LogP contribution in [0.25, 0.3) is 0 Å². The first-order valence-corrected chi connectivity index (χ1v) is 14.8. The lowest BCUT2D eigenvalue weighted by molar-refractivity contribution is -0.143. The Morgan fingerprint density at radius 3 is 2.69 bits per heavy atom. The van der Waals surface area contributed by atoms with Crippen molar-refractivity contribution in [2.24, 2.45) is 24.3 Å². The average molecular weight is 552 g/mol.